The van der Waals surface area contributed by atoms with Crippen LogP contribution in [0.15, 0.2) is 24.4 Å². The lowest BCUT2D eigenvalue weighted by Crippen LogP contribution is -2.32. The molecule has 0 aliphatic heterocycles. The Kier molecular flexibility index (Phi) is 4.53. The molecule has 24 heavy (non-hydrogen) atoms. The van der Waals surface area contributed by atoms with Crippen LogP contribution in [0.1, 0.15) is 18.2 Å². The molecule has 0 radical (unpaired) electrons. The number of aromatic nitrogens is 5. The molecule has 3 aromatic rings. The molecule has 0 aliphatic carbocycles. The van der Waals surface area contributed by atoms with Crippen molar-refractivity contribution >= 4 is 38.7 Å². The van der Waals surface area contributed by atoms with Gasteiger partial charge in [-0.2, -0.15) is 8.75 Å². The van der Waals surface area contributed by atoms with E-state index in [4.69, 9.17) is 0 Å². The first-order chi connectivity index (χ1) is 11.5. The maximum Gasteiger partial charge on any atom is 0.239 e. The summed E-state index contributed by atoms with van der Waals surface area (Å²) in [5, 5.41) is 7.62. The van der Waals surface area contributed by atoms with Gasteiger partial charge in [0.1, 0.15) is 11.0 Å². The molecule has 0 aliphatic rings. The van der Waals surface area contributed by atoms with Gasteiger partial charge in [0, 0.05) is 12.7 Å². The number of benzene rings is 1. The normalized spacial score (nSPS) is 11.7. The van der Waals surface area contributed by atoms with Crippen LogP contribution in [-0.4, -0.2) is 38.1 Å². The highest BCUT2D eigenvalue weighted by atomic mass is 32.2. The summed E-state index contributed by atoms with van der Waals surface area (Å²) in [7, 11) is -3.84. The van der Waals surface area contributed by atoms with Crippen molar-refractivity contribution in [3.05, 3.63) is 35.7 Å². The Morgan fingerprint density at radius 3 is 2.92 bits per heavy atom. The van der Waals surface area contributed by atoms with Crippen LogP contribution in [0.5, 0.6) is 0 Å². The topological polar surface area (TPSA) is 120 Å². The van der Waals surface area contributed by atoms with Crippen molar-refractivity contribution in [1.29, 1.82) is 0 Å². The molecule has 0 saturated carbocycles. The molecule has 0 fully saturated rings. The lowest BCUT2D eigenvalue weighted by Gasteiger charge is -2.06. The minimum absolute atomic E-state index is 0.151. The first-order valence-corrected chi connectivity index (χ1v) is 9.47. The molecule has 2 heterocycles. The first-order valence-electron chi connectivity index (χ1n) is 7.09. The molecule has 0 spiro atoms. The van der Waals surface area contributed by atoms with Gasteiger partial charge in [-0.3, -0.25) is 14.2 Å². The molecule has 2 aromatic heterocycles. The van der Waals surface area contributed by atoms with E-state index in [1.54, 1.807) is 29.1 Å². The van der Waals surface area contributed by atoms with Crippen molar-refractivity contribution < 1.29 is 13.2 Å². The van der Waals surface area contributed by atoms with Crippen LogP contribution in [-0.2, 0) is 33.5 Å². The van der Waals surface area contributed by atoms with Gasteiger partial charge in [-0.05, 0) is 18.6 Å². The third-order valence-corrected chi connectivity index (χ3v) is 5.01. The van der Waals surface area contributed by atoms with Crippen LogP contribution < -0.4 is 4.72 Å². The number of hydrogen-bond acceptors (Lipinski definition) is 8. The second-order valence-corrected chi connectivity index (χ2v) is 7.33. The average Bonchev–Trinajstić information content (AvgIpc) is 3.15. The van der Waals surface area contributed by atoms with Gasteiger partial charge in [0.25, 0.3) is 0 Å². The Balaban J connectivity index is 1.69. The Bertz CT molecular complexity index is 978. The monoisotopic (exact) mass is 366 g/mol. The van der Waals surface area contributed by atoms with E-state index in [-0.39, 0.29) is 12.2 Å². The van der Waals surface area contributed by atoms with Gasteiger partial charge in [0.15, 0.2) is 0 Å². The van der Waals surface area contributed by atoms with Gasteiger partial charge in [-0.1, -0.05) is 17.3 Å². The van der Waals surface area contributed by atoms with E-state index in [0.717, 1.165) is 11.7 Å². The third kappa shape index (κ3) is 3.74. The number of aryl methyl sites for hydroxylation is 1. The van der Waals surface area contributed by atoms with Gasteiger partial charge in [0.05, 0.1) is 29.6 Å². The van der Waals surface area contributed by atoms with E-state index in [1.807, 2.05) is 11.6 Å². The van der Waals surface area contributed by atoms with Crippen LogP contribution in [0.3, 0.4) is 0 Å². The molecule has 1 aromatic carbocycles. The average molecular weight is 366 g/mol. The van der Waals surface area contributed by atoms with E-state index in [9.17, 15) is 13.2 Å². The van der Waals surface area contributed by atoms with E-state index in [2.05, 4.69) is 19.1 Å². The molecule has 0 saturated heterocycles. The molecule has 11 heteroatoms. The lowest BCUT2D eigenvalue weighted by atomic mass is 10.2. The quantitative estimate of drug-likeness (QED) is 0.674. The Hall–Kier alpha value is -2.40. The number of carbonyl (C=O) groups excluding carboxylic acids is 1. The van der Waals surface area contributed by atoms with Gasteiger partial charge >= 0.3 is 0 Å². The predicted molar refractivity (Wildman–Crippen MR) is 87.6 cm³/mol. The standard InChI is InChI=1S/C13H14N6O3S2/c1-2-19-7-10(14-18-19)6-12(20)17-24(21,22)8-9-4-3-5-11-13(9)16-23-15-11/h3-5,7H,2,6,8H2,1H3,(H,17,20). The zero-order valence-corrected chi connectivity index (χ0v) is 14.3. The number of hydrogen-bond donors (Lipinski definition) is 1. The molecule has 0 bridgehead atoms. The van der Waals surface area contributed by atoms with E-state index >= 15 is 0 Å². The highest BCUT2D eigenvalue weighted by molar-refractivity contribution is 7.89. The van der Waals surface area contributed by atoms with Crippen LogP contribution in [0.25, 0.3) is 11.0 Å². The fourth-order valence-electron chi connectivity index (χ4n) is 2.17. The molecule has 1 amide bonds. The summed E-state index contributed by atoms with van der Waals surface area (Å²) in [6.45, 7) is 2.51. The molecule has 1 N–H and O–H groups in total. The van der Waals surface area contributed by atoms with Crippen molar-refractivity contribution in [2.45, 2.75) is 25.6 Å². The number of rotatable bonds is 6. The maximum absolute atomic E-state index is 12.2. The predicted octanol–water partition coefficient (Wildman–Crippen LogP) is 0.491. The summed E-state index contributed by atoms with van der Waals surface area (Å²) in [6.07, 6.45) is 1.45. The maximum atomic E-state index is 12.2. The smallest absolute Gasteiger partial charge is 0.239 e. The summed E-state index contributed by atoms with van der Waals surface area (Å²) in [4.78, 5) is 11.9. The van der Waals surface area contributed by atoms with Crippen LogP contribution in [0.4, 0.5) is 0 Å². The Labute approximate surface area is 142 Å². The minimum atomic E-state index is -3.84. The Morgan fingerprint density at radius 2 is 2.17 bits per heavy atom. The van der Waals surface area contributed by atoms with Crippen molar-refractivity contribution in [3.8, 4) is 0 Å². The van der Waals surface area contributed by atoms with Crippen LogP contribution in [0, 0.1) is 0 Å². The highest BCUT2D eigenvalue weighted by Crippen LogP contribution is 2.18. The Morgan fingerprint density at radius 1 is 1.33 bits per heavy atom. The van der Waals surface area contributed by atoms with Crippen LogP contribution >= 0.6 is 11.7 Å². The van der Waals surface area contributed by atoms with E-state index < -0.39 is 15.9 Å². The van der Waals surface area contributed by atoms with Gasteiger partial charge < -0.3 is 0 Å². The summed E-state index contributed by atoms with van der Waals surface area (Å²) in [5.74, 6) is -0.995. The second-order valence-electron chi connectivity index (χ2n) is 5.08. The van der Waals surface area contributed by atoms with Gasteiger partial charge in [0.2, 0.25) is 15.9 Å². The van der Waals surface area contributed by atoms with Gasteiger partial charge in [-0.15, -0.1) is 5.10 Å². The number of amides is 1. The summed E-state index contributed by atoms with van der Waals surface area (Å²) in [6, 6.07) is 5.12. The SMILES string of the molecule is CCn1cc(CC(=O)NS(=O)(=O)Cc2cccc3nsnc23)nn1. The van der Waals surface area contributed by atoms with E-state index in [0.29, 0.717) is 28.8 Å². The second kappa shape index (κ2) is 6.61. The van der Waals surface area contributed by atoms with Gasteiger partial charge in [-0.25, -0.2) is 8.42 Å². The number of nitrogens with zero attached hydrogens (tertiary/aromatic N) is 5. The van der Waals surface area contributed by atoms with Crippen LogP contribution in [0.2, 0.25) is 0 Å². The third-order valence-electron chi connectivity index (χ3n) is 3.24. The minimum Gasteiger partial charge on any atom is -0.274 e. The zero-order valence-electron chi connectivity index (χ0n) is 12.7. The molecule has 9 nitrogen and oxygen atoms in total. The molecule has 0 atom stereocenters. The zero-order chi connectivity index (χ0) is 17.2. The molecular formula is C13H14N6O3S2. The summed E-state index contributed by atoms with van der Waals surface area (Å²) < 4.78 is 36.2. The lowest BCUT2D eigenvalue weighted by molar-refractivity contribution is -0.118. The molecule has 3 rings (SSSR count). The number of sulfonamides is 1. The summed E-state index contributed by atoms with van der Waals surface area (Å²) in [5.41, 5.74) is 2.08. The fourth-order valence-corrected chi connectivity index (χ4v) is 3.87. The first kappa shape index (κ1) is 16.5. The van der Waals surface area contributed by atoms with Crippen molar-refractivity contribution in [3.63, 3.8) is 0 Å². The fraction of sp³-hybridized carbons (Fsp3) is 0.308. The molecule has 0 unspecified atom stereocenters. The van der Waals surface area contributed by atoms with E-state index in [1.165, 1.54) is 0 Å². The molecule has 126 valence electrons. The number of nitrogens with one attached hydrogen (secondary N) is 1. The van der Waals surface area contributed by atoms with Crippen molar-refractivity contribution in [1.82, 2.24) is 28.5 Å². The number of carbonyl (C=O) groups is 1. The number of fused-ring (bicyclic) bond motifs is 1. The molecular weight excluding hydrogens is 352 g/mol. The van der Waals surface area contributed by atoms with Crippen molar-refractivity contribution in [2.24, 2.45) is 0 Å². The highest BCUT2D eigenvalue weighted by Gasteiger charge is 2.19. The largest absolute Gasteiger partial charge is 0.274 e. The van der Waals surface area contributed by atoms with Crippen molar-refractivity contribution in [2.75, 3.05) is 0 Å². The summed E-state index contributed by atoms with van der Waals surface area (Å²) >= 11 is 1.01.